The number of carboxylic acids is 1. The average Bonchev–Trinajstić information content (AvgIpc) is 2.45. The largest absolute Gasteiger partial charge is 0.480 e. The number of carboxylic acid groups (broad SMARTS) is 1. The Kier molecular flexibility index (Phi) is 3.10. The number of sulfonamides is 1. The van der Waals surface area contributed by atoms with E-state index in [9.17, 15) is 13.2 Å². The third kappa shape index (κ3) is 2.77. The maximum Gasteiger partial charge on any atom is 0.323 e. The van der Waals surface area contributed by atoms with Gasteiger partial charge in [-0.1, -0.05) is 6.92 Å². The molecule has 0 aliphatic heterocycles. The molecule has 0 aliphatic carbocycles. The molecule has 0 atom stereocenters. The van der Waals surface area contributed by atoms with Crippen LogP contribution in [0.25, 0.3) is 0 Å². The Balaban J connectivity index is 3.17. The quantitative estimate of drug-likeness (QED) is 0.704. The van der Waals surface area contributed by atoms with Crippen LogP contribution in [0.2, 0.25) is 0 Å². The van der Waals surface area contributed by atoms with Crippen molar-refractivity contribution in [3.63, 3.8) is 0 Å². The first-order chi connectivity index (χ1) is 6.84. The summed E-state index contributed by atoms with van der Waals surface area (Å²) in [5.41, 5.74) is 0. The van der Waals surface area contributed by atoms with Gasteiger partial charge < -0.3 is 9.67 Å². The third-order valence-electron chi connectivity index (χ3n) is 1.75. The zero-order valence-corrected chi connectivity index (χ0v) is 8.86. The number of primary sulfonamides is 1. The molecular weight excluding hydrogens is 222 g/mol. The molecule has 0 bridgehead atoms. The highest BCUT2D eigenvalue weighted by molar-refractivity contribution is 7.89. The molecule has 3 N–H and O–H groups in total. The summed E-state index contributed by atoms with van der Waals surface area (Å²) in [5, 5.41) is 13.1. The van der Waals surface area contributed by atoms with E-state index in [1.807, 2.05) is 0 Å². The molecule has 0 aromatic carbocycles. The minimum Gasteiger partial charge on any atom is -0.480 e. The number of hydrogen-bond acceptors (Lipinski definition) is 4. The molecule has 1 heterocycles. The van der Waals surface area contributed by atoms with Crippen LogP contribution in [0.1, 0.15) is 12.7 Å². The highest BCUT2D eigenvalue weighted by atomic mass is 32.2. The van der Waals surface area contributed by atoms with Crippen LogP contribution in [-0.4, -0.2) is 29.0 Å². The Morgan fingerprint density at radius 2 is 2.27 bits per heavy atom. The lowest BCUT2D eigenvalue weighted by molar-refractivity contribution is -0.137. The van der Waals surface area contributed by atoms with Crippen molar-refractivity contribution in [2.24, 2.45) is 5.14 Å². The van der Waals surface area contributed by atoms with Crippen molar-refractivity contribution in [1.82, 2.24) is 9.55 Å². The lowest BCUT2D eigenvalue weighted by Crippen LogP contribution is -2.12. The lowest BCUT2D eigenvalue weighted by Gasteiger charge is -2.00. The first-order valence-electron chi connectivity index (χ1n) is 4.15. The lowest BCUT2D eigenvalue weighted by atomic mass is 10.4. The van der Waals surface area contributed by atoms with Gasteiger partial charge in [0, 0.05) is 12.6 Å². The Morgan fingerprint density at radius 3 is 2.67 bits per heavy atom. The topological polar surface area (TPSA) is 115 Å². The van der Waals surface area contributed by atoms with Gasteiger partial charge in [-0.05, 0) is 0 Å². The number of aliphatic carboxylic acids is 1. The van der Waals surface area contributed by atoms with E-state index in [0.29, 0.717) is 12.2 Å². The Labute approximate surface area is 86.6 Å². The number of aromatic nitrogens is 2. The maximum absolute atomic E-state index is 11.0. The number of carbonyl (C=O) groups is 1. The number of rotatable bonds is 4. The minimum absolute atomic E-state index is 0.305. The number of hydrogen-bond donors (Lipinski definition) is 2. The number of imidazole rings is 1. The summed E-state index contributed by atoms with van der Waals surface area (Å²) in [6, 6.07) is 0. The molecule has 84 valence electrons. The smallest absolute Gasteiger partial charge is 0.323 e. The van der Waals surface area contributed by atoms with Crippen LogP contribution in [-0.2, 0) is 27.8 Å². The molecule has 1 rings (SSSR count). The summed E-state index contributed by atoms with van der Waals surface area (Å²) >= 11 is 0. The summed E-state index contributed by atoms with van der Waals surface area (Å²) in [6.07, 6.45) is 1.56. The normalized spacial score (nSPS) is 11.6. The zero-order chi connectivity index (χ0) is 11.6. The highest BCUT2D eigenvalue weighted by Crippen LogP contribution is 2.08. The van der Waals surface area contributed by atoms with E-state index in [2.05, 4.69) is 4.98 Å². The van der Waals surface area contributed by atoms with Crippen LogP contribution < -0.4 is 5.14 Å². The van der Waals surface area contributed by atoms with E-state index in [-0.39, 0.29) is 11.6 Å². The molecule has 0 amide bonds. The zero-order valence-electron chi connectivity index (χ0n) is 8.04. The van der Waals surface area contributed by atoms with E-state index in [0.717, 1.165) is 6.20 Å². The first-order valence-corrected chi connectivity index (χ1v) is 5.70. The number of aryl methyl sites for hydroxylation is 1. The maximum atomic E-state index is 11.0. The van der Waals surface area contributed by atoms with Gasteiger partial charge in [0.05, 0.1) is 0 Å². The molecule has 0 aliphatic rings. The van der Waals surface area contributed by atoms with Crippen LogP contribution in [0.15, 0.2) is 11.2 Å². The van der Waals surface area contributed by atoms with E-state index < -0.39 is 16.0 Å². The Hall–Kier alpha value is -1.41. The van der Waals surface area contributed by atoms with Crippen molar-refractivity contribution in [3.8, 4) is 0 Å². The second-order valence-corrected chi connectivity index (χ2v) is 4.42. The van der Waals surface area contributed by atoms with Gasteiger partial charge in [0.25, 0.3) is 10.0 Å². The van der Waals surface area contributed by atoms with Gasteiger partial charge in [-0.3, -0.25) is 4.79 Å². The number of nitrogens with two attached hydrogens (primary N) is 1. The fourth-order valence-electron chi connectivity index (χ4n) is 1.13. The van der Waals surface area contributed by atoms with Crippen molar-refractivity contribution >= 4 is 16.0 Å². The van der Waals surface area contributed by atoms with Crippen LogP contribution in [0.4, 0.5) is 0 Å². The molecule has 0 unspecified atom stereocenters. The molecule has 0 fully saturated rings. The van der Waals surface area contributed by atoms with Gasteiger partial charge in [0.2, 0.25) is 0 Å². The molecule has 8 heteroatoms. The fraction of sp³-hybridized carbons (Fsp3) is 0.429. The van der Waals surface area contributed by atoms with Crippen LogP contribution in [0, 0.1) is 0 Å². The van der Waals surface area contributed by atoms with E-state index in [1.54, 1.807) is 6.92 Å². The molecule has 0 radical (unpaired) electrons. The fourth-order valence-corrected chi connectivity index (χ4v) is 1.64. The summed E-state index contributed by atoms with van der Waals surface area (Å²) in [4.78, 5) is 14.2. The van der Waals surface area contributed by atoms with E-state index in [1.165, 1.54) is 4.57 Å². The summed E-state index contributed by atoms with van der Waals surface area (Å²) in [5.74, 6) is -0.690. The molecule has 7 nitrogen and oxygen atoms in total. The SMILES string of the molecule is CCc1nc(S(N)(=O)=O)cn1CC(=O)O. The van der Waals surface area contributed by atoms with Crippen LogP contribution >= 0.6 is 0 Å². The van der Waals surface area contributed by atoms with Crippen molar-refractivity contribution < 1.29 is 18.3 Å². The van der Waals surface area contributed by atoms with Gasteiger partial charge in [0.1, 0.15) is 12.4 Å². The predicted octanol–water partition coefficient (Wildman–Crippen LogP) is -0.822. The molecule has 15 heavy (non-hydrogen) atoms. The Morgan fingerprint density at radius 1 is 1.67 bits per heavy atom. The van der Waals surface area contributed by atoms with Crippen molar-refractivity contribution in [1.29, 1.82) is 0 Å². The van der Waals surface area contributed by atoms with Crippen molar-refractivity contribution in [2.45, 2.75) is 24.9 Å². The minimum atomic E-state index is -3.88. The van der Waals surface area contributed by atoms with Gasteiger partial charge in [0.15, 0.2) is 5.03 Å². The summed E-state index contributed by atoms with van der Waals surface area (Å²) < 4.78 is 23.2. The second kappa shape index (κ2) is 3.99. The van der Waals surface area contributed by atoms with Gasteiger partial charge >= 0.3 is 5.97 Å². The van der Waals surface area contributed by atoms with Gasteiger partial charge in [-0.25, -0.2) is 18.5 Å². The molecule has 0 saturated carbocycles. The third-order valence-corrected chi connectivity index (χ3v) is 2.53. The van der Waals surface area contributed by atoms with Crippen molar-refractivity contribution in [3.05, 3.63) is 12.0 Å². The van der Waals surface area contributed by atoms with Crippen LogP contribution in [0.5, 0.6) is 0 Å². The monoisotopic (exact) mass is 233 g/mol. The summed E-state index contributed by atoms with van der Waals surface area (Å²) in [7, 11) is -3.88. The average molecular weight is 233 g/mol. The molecule has 1 aromatic rings. The molecule has 0 saturated heterocycles. The molecular formula is C7H11N3O4S. The second-order valence-electron chi connectivity index (χ2n) is 2.92. The van der Waals surface area contributed by atoms with Crippen molar-refractivity contribution in [2.75, 3.05) is 0 Å². The summed E-state index contributed by atoms with van der Waals surface area (Å²) in [6.45, 7) is 1.42. The van der Waals surface area contributed by atoms with Gasteiger partial charge in [-0.15, -0.1) is 0 Å². The van der Waals surface area contributed by atoms with Gasteiger partial charge in [-0.2, -0.15) is 0 Å². The standard InChI is InChI=1S/C7H11N3O4S/c1-2-5-9-6(15(8,13)14)3-10(5)4-7(11)12/h3H,2,4H2,1H3,(H,11,12)(H2,8,13,14). The van der Waals surface area contributed by atoms with E-state index >= 15 is 0 Å². The van der Waals surface area contributed by atoms with E-state index in [4.69, 9.17) is 10.2 Å². The first kappa shape index (κ1) is 11.7. The molecule has 0 spiro atoms. The van der Waals surface area contributed by atoms with Crippen LogP contribution in [0.3, 0.4) is 0 Å². The number of nitrogens with zero attached hydrogens (tertiary/aromatic N) is 2. The Bertz CT molecular complexity index is 476. The highest BCUT2D eigenvalue weighted by Gasteiger charge is 2.16. The molecule has 1 aromatic heterocycles. The predicted molar refractivity (Wildman–Crippen MR) is 50.6 cm³/mol.